The van der Waals surface area contributed by atoms with Crippen LogP contribution in [-0.4, -0.2) is 13.2 Å². The average Bonchev–Trinajstić information content (AvgIpc) is 3.01. The van der Waals surface area contributed by atoms with Gasteiger partial charge in [-0.3, -0.25) is 4.57 Å². The molecular formula is C19H20FO4P. The largest absolute Gasteiger partial charge is 0.453 e. The number of furan rings is 1. The van der Waals surface area contributed by atoms with Crippen LogP contribution in [0.1, 0.15) is 19.4 Å². The zero-order valence-electron chi connectivity index (χ0n) is 14.2. The molecule has 0 saturated carbocycles. The molecule has 0 atom stereocenters. The highest BCUT2D eigenvalue weighted by molar-refractivity contribution is 7.53. The fourth-order valence-electron chi connectivity index (χ4n) is 2.69. The first-order valence-corrected chi connectivity index (χ1v) is 9.93. The second-order valence-electron chi connectivity index (χ2n) is 5.57. The van der Waals surface area contributed by atoms with E-state index in [9.17, 15) is 8.96 Å². The lowest BCUT2D eigenvalue weighted by Crippen LogP contribution is -1.99. The maximum absolute atomic E-state index is 13.8. The molecule has 0 aliphatic carbocycles. The molecule has 0 saturated heterocycles. The Morgan fingerprint density at radius 3 is 2.32 bits per heavy atom. The summed E-state index contributed by atoms with van der Waals surface area (Å²) in [5.74, 6) is 0.208. The molecule has 0 aliphatic rings. The maximum Gasteiger partial charge on any atom is 0.335 e. The van der Waals surface area contributed by atoms with Crippen LogP contribution in [0.25, 0.3) is 22.3 Å². The van der Waals surface area contributed by atoms with Gasteiger partial charge in [-0.15, -0.1) is 0 Å². The van der Waals surface area contributed by atoms with E-state index in [0.29, 0.717) is 19.0 Å². The van der Waals surface area contributed by atoms with Gasteiger partial charge in [0.25, 0.3) is 0 Å². The normalized spacial score (nSPS) is 12.0. The van der Waals surface area contributed by atoms with E-state index in [1.807, 2.05) is 24.3 Å². The molecule has 4 nitrogen and oxygen atoms in total. The predicted octanol–water partition coefficient (Wildman–Crippen LogP) is 6.01. The number of hydrogen-bond acceptors (Lipinski definition) is 4. The molecule has 0 unspecified atom stereocenters. The number of rotatable bonds is 7. The van der Waals surface area contributed by atoms with Crippen molar-refractivity contribution in [2.45, 2.75) is 20.0 Å². The second-order valence-corrected chi connectivity index (χ2v) is 7.62. The quantitative estimate of drug-likeness (QED) is 0.483. The van der Waals surface area contributed by atoms with Gasteiger partial charge in [0, 0.05) is 10.9 Å². The van der Waals surface area contributed by atoms with Gasteiger partial charge in [0.15, 0.2) is 11.4 Å². The standard InChI is InChI=1S/C19H20FO4P/c1-3-22-25(21,23-4-2)13-14-8-10-15(11-9-14)18-12-16-6-5-7-17(20)19(16)24-18/h5-12H,3-4,13H2,1-2H3. The van der Waals surface area contributed by atoms with Crippen LogP contribution in [0, 0.1) is 5.82 Å². The Balaban J connectivity index is 1.84. The Bertz CT molecular complexity index is 891. The smallest absolute Gasteiger partial charge is 0.335 e. The summed E-state index contributed by atoms with van der Waals surface area (Å²) < 4.78 is 42.6. The van der Waals surface area contributed by atoms with E-state index in [4.69, 9.17) is 13.5 Å². The van der Waals surface area contributed by atoms with Gasteiger partial charge in [-0.25, -0.2) is 4.39 Å². The van der Waals surface area contributed by atoms with Crippen molar-refractivity contribution in [2.24, 2.45) is 0 Å². The Hall–Kier alpha value is -1.94. The molecule has 3 aromatic rings. The fourth-order valence-corrected chi connectivity index (χ4v) is 4.39. The van der Waals surface area contributed by atoms with Crippen LogP contribution in [0.2, 0.25) is 0 Å². The van der Waals surface area contributed by atoms with Gasteiger partial charge in [0.2, 0.25) is 0 Å². The zero-order valence-corrected chi connectivity index (χ0v) is 15.1. The summed E-state index contributed by atoms with van der Waals surface area (Å²) in [5.41, 5.74) is 1.91. The number of benzene rings is 2. The van der Waals surface area contributed by atoms with Crippen molar-refractivity contribution < 1.29 is 22.4 Å². The van der Waals surface area contributed by atoms with Gasteiger partial charge >= 0.3 is 7.60 Å². The summed E-state index contributed by atoms with van der Waals surface area (Å²) in [4.78, 5) is 0. The Morgan fingerprint density at radius 2 is 1.72 bits per heavy atom. The molecule has 3 rings (SSSR count). The summed E-state index contributed by atoms with van der Waals surface area (Å²) in [6.45, 7) is 4.24. The van der Waals surface area contributed by atoms with Crippen molar-refractivity contribution in [3.63, 3.8) is 0 Å². The van der Waals surface area contributed by atoms with E-state index < -0.39 is 7.60 Å². The minimum Gasteiger partial charge on any atom is -0.453 e. The van der Waals surface area contributed by atoms with E-state index in [2.05, 4.69) is 0 Å². The molecule has 0 fully saturated rings. The molecule has 132 valence electrons. The lowest BCUT2D eigenvalue weighted by molar-refractivity contribution is 0.219. The Labute approximate surface area is 146 Å². The first-order chi connectivity index (χ1) is 12.0. The molecule has 2 aromatic carbocycles. The van der Waals surface area contributed by atoms with E-state index in [1.165, 1.54) is 6.07 Å². The third-order valence-corrected chi connectivity index (χ3v) is 5.82. The minimum absolute atomic E-state index is 0.212. The highest BCUT2D eigenvalue weighted by Gasteiger charge is 2.24. The molecule has 0 amide bonds. The lowest BCUT2D eigenvalue weighted by Gasteiger charge is -2.17. The molecule has 0 N–H and O–H groups in total. The summed E-state index contributed by atoms with van der Waals surface area (Å²) in [7, 11) is -3.13. The van der Waals surface area contributed by atoms with Crippen molar-refractivity contribution >= 4 is 18.6 Å². The van der Waals surface area contributed by atoms with E-state index in [1.54, 1.807) is 32.0 Å². The summed E-state index contributed by atoms with van der Waals surface area (Å²) in [6, 6.07) is 14.0. The fraction of sp³-hybridized carbons (Fsp3) is 0.263. The minimum atomic E-state index is -3.13. The highest BCUT2D eigenvalue weighted by atomic mass is 31.2. The molecule has 0 radical (unpaired) electrons. The topological polar surface area (TPSA) is 48.7 Å². The van der Waals surface area contributed by atoms with Gasteiger partial charge in [-0.05, 0) is 31.5 Å². The molecule has 0 bridgehead atoms. The first kappa shape index (κ1) is 17.9. The van der Waals surface area contributed by atoms with Gasteiger partial charge in [0.1, 0.15) is 5.76 Å². The molecule has 25 heavy (non-hydrogen) atoms. The van der Waals surface area contributed by atoms with Crippen LogP contribution >= 0.6 is 7.60 Å². The van der Waals surface area contributed by atoms with Crippen molar-refractivity contribution in [3.8, 4) is 11.3 Å². The van der Waals surface area contributed by atoms with E-state index >= 15 is 0 Å². The monoisotopic (exact) mass is 362 g/mol. The van der Waals surface area contributed by atoms with Crippen molar-refractivity contribution in [1.29, 1.82) is 0 Å². The summed E-state index contributed by atoms with van der Waals surface area (Å²) in [6.07, 6.45) is 0.212. The van der Waals surface area contributed by atoms with Crippen LogP contribution in [0.3, 0.4) is 0 Å². The number of fused-ring (bicyclic) bond motifs is 1. The van der Waals surface area contributed by atoms with Gasteiger partial charge < -0.3 is 13.5 Å². The second kappa shape index (κ2) is 7.52. The predicted molar refractivity (Wildman–Crippen MR) is 96.2 cm³/mol. The van der Waals surface area contributed by atoms with Crippen LogP contribution in [-0.2, 0) is 19.8 Å². The zero-order chi connectivity index (χ0) is 17.9. The van der Waals surface area contributed by atoms with Crippen molar-refractivity contribution in [1.82, 2.24) is 0 Å². The molecule has 1 aromatic heterocycles. The Kier molecular flexibility index (Phi) is 5.38. The third kappa shape index (κ3) is 4.01. The molecule has 6 heteroatoms. The van der Waals surface area contributed by atoms with Crippen molar-refractivity contribution in [3.05, 3.63) is 59.9 Å². The number of para-hydroxylation sites is 1. The number of hydrogen-bond donors (Lipinski definition) is 0. The third-order valence-electron chi connectivity index (χ3n) is 3.76. The average molecular weight is 362 g/mol. The molecule has 1 heterocycles. The molecular weight excluding hydrogens is 342 g/mol. The first-order valence-electron chi connectivity index (χ1n) is 8.20. The van der Waals surface area contributed by atoms with Gasteiger partial charge in [-0.1, -0.05) is 36.4 Å². The van der Waals surface area contributed by atoms with Crippen LogP contribution in [0.4, 0.5) is 4.39 Å². The van der Waals surface area contributed by atoms with Crippen molar-refractivity contribution in [2.75, 3.05) is 13.2 Å². The lowest BCUT2D eigenvalue weighted by atomic mass is 10.1. The number of halogens is 1. The summed E-state index contributed by atoms with van der Waals surface area (Å²) >= 11 is 0. The molecule has 0 aliphatic heterocycles. The summed E-state index contributed by atoms with van der Waals surface area (Å²) in [5, 5.41) is 0.719. The highest BCUT2D eigenvalue weighted by Crippen LogP contribution is 2.51. The van der Waals surface area contributed by atoms with Gasteiger partial charge in [-0.2, -0.15) is 0 Å². The van der Waals surface area contributed by atoms with Crippen LogP contribution < -0.4 is 0 Å². The SMILES string of the molecule is CCOP(=O)(Cc1ccc(-c2cc3cccc(F)c3o2)cc1)OCC. The molecule has 0 spiro atoms. The maximum atomic E-state index is 13.8. The van der Waals surface area contributed by atoms with Crippen LogP contribution in [0.5, 0.6) is 0 Å². The van der Waals surface area contributed by atoms with Gasteiger partial charge in [0.05, 0.1) is 19.4 Å². The Morgan fingerprint density at radius 1 is 1.04 bits per heavy atom. The van der Waals surface area contributed by atoms with E-state index in [-0.39, 0.29) is 17.6 Å². The van der Waals surface area contributed by atoms with E-state index in [0.717, 1.165) is 16.5 Å². The van der Waals surface area contributed by atoms with Crippen LogP contribution in [0.15, 0.2) is 52.9 Å².